The Balaban J connectivity index is 1.36. The van der Waals surface area contributed by atoms with E-state index in [9.17, 15) is 8.42 Å². The van der Waals surface area contributed by atoms with Gasteiger partial charge in [-0.3, -0.25) is 4.18 Å². The van der Waals surface area contributed by atoms with Crippen molar-refractivity contribution in [3.8, 4) is 0 Å². The van der Waals surface area contributed by atoms with Crippen LogP contribution in [0.5, 0.6) is 0 Å². The average Bonchev–Trinajstić information content (AvgIpc) is 3.10. The predicted octanol–water partition coefficient (Wildman–Crippen LogP) is 6.98. The molecule has 0 aliphatic heterocycles. The number of rotatable bonds is 4. The highest BCUT2D eigenvalue weighted by Gasteiger charge is 2.55. The van der Waals surface area contributed by atoms with Crippen molar-refractivity contribution in [3.05, 3.63) is 53.1 Å². The number of aryl methyl sites for hydroxylation is 1. The van der Waals surface area contributed by atoms with Gasteiger partial charge in [-0.1, -0.05) is 68.7 Å². The summed E-state index contributed by atoms with van der Waals surface area (Å²) in [6.45, 7) is 9.16. The van der Waals surface area contributed by atoms with Gasteiger partial charge in [0.1, 0.15) is 0 Å². The zero-order valence-corrected chi connectivity index (χ0v) is 20.9. The lowest BCUT2D eigenvalue weighted by Gasteiger charge is -2.56. The Kier molecular flexibility index (Phi) is 5.49. The zero-order valence-electron chi connectivity index (χ0n) is 20.1. The Bertz CT molecular complexity index is 1070. The summed E-state index contributed by atoms with van der Waals surface area (Å²) in [5.41, 5.74) is 4.52. The maximum absolute atomic E-state index is 13.0. The lowest BCUT2D eigenvalue weighted by atomic mass is 9.48. The van der Waals surface area contributed by atoms with E-state index in [1.807, 2.05) is 19.1 Å². The Morgan fingerprint density at radius 3 is 2.53 bits per heavy atom. The van der Waals surface area contributed by atoms with E-state index in [2.05, 4.69) is 32.9 Å². The minimum Gasteiger partial charge on any atom is -0.263 e. The van der Waals surface area contributed by atoms with Crippen molar-refractivity contribution >= 4 is 10.1 Å². The lowest BCUT2D eigenvalue weighted by molar-refractivity contribution is 0.0284. The summed E-state index contributed by atoms with van der Waals surface area (Å²) in [6, 6.07) is 7.11. The fourth-order valence-electron chi connectivity index (χ4n) is 7.83. The topological polar surface area (TPSA) is 43.4 Å². The summed E-state index contributed by atoms with van der Waals surface area (Å²) >= 11 is 0. The van der Waals surface area contributed by atoms with E-state index < -0.39 is 10.1 Å². The first-order chi connectivity index (χ1) is 15.2. The molecule has 0 radical (unpaired) electrons. The summed E-state index contributed by atoms with van der Waals surface area (Å²) in [6.07, 6.45) is 13.7. The van der Waals surface area contributed by atoms with Crippen LogP contribution in [0.15, 0.2) is 52.5 Å². The molecular formula is C28H38O3S. The van der Waals surface area contributed by atoms with Crippen molar-refractivity contribution in [1.29, 1.82) is 0 Å². The maximum atomic E-state index is 13.0. The molecule has 6 atom stereocenters. The molecule has 4 heteroatoms. The molecule has 174 valence electrons. The molecule has 5 rings (SSSR count). The van der Waals surface area contributed by atoms with E-state index in [1.54, 1.807) is 17.7 Å². The van der Waals surface area contributed by atoms with Crippen molar-refractivity contribution < 1.29 is 12.6 Å². The third-order valence-corrected chi connectivity index (χ3v) is 11.3. The molecule has 0 spiro atoms. The van der Waals surface area contributed by atoms with E-state index in [1.165, 1.54) is 31.3 Å². The maximum Gasteiger partial charge on any atom is 0.297 e. The van der Waals surface area contributed by atoms with Crippen molar-refractivity contribution in [2.45, 2.75) is 90.1 Å². The van der Waals surface area contributed by atoms with Crippen molar-refractivity contribution in [1.82, 2.24) is 0 Å². The standard InChI is InChI=1S/C28H38O3S/c1-5-20-11-13-24-23-12-10-21-18-22(31-32(29,30)26-9-7-6-8-19(26)2)14-16-28(21,4)25(23)15-17-27(20,24)3/h6-10,13,20,22-23,25H,5,11-12,14-18H2,1-4H3/t20-,22-,23-,25-,27+,28-/m0/s1. The molecule has 0 aromatic heterocycles. The smallest absolute Gasteiger partial charge is 0.263 e. The van der Waals surface area contributed by atoms with Crippen LogP contribution in [0.2, 0.25) is 0 Å². The number of hydrogen-bond donors (Lipinski definition) is 0. The predicted molar refractivity (Wildman–Crippen MR) is 129 cm³/mol. The molecule has 0 bridgehead atoms. The number of allylic oxidation sites excluding steroid dienone is 3. The van der Waals surface area contributed by atoms with E-state index in [0.717, 1.165) is 37.2 Å². The van der Waals surface area contributed by atoms with Gasteiger partial charge in [0.2, 0.25) is 0 Å². The molecule has 0 unspecified atom stereocenters. The fraction of sp³-hybridized carbons (Fsp3) is 0.643. The molecule has 3 nitrogen and oxygen atoms in total. The van der Waals surface area contributed by atoms with Gasteiger partial charge >= 0.3 is 0 Å². The molecule has 0 heterocycles. The molecule has 0 amide bonds. The van der Waals surface area contributed by atoms with Crippen molar-refractivity contribution in [2.24, 2.45) is 28.6 Å². The van der Waals surface area contributed by atoms with Gasteiger partial charge in [-0.05, 0) is 92.1 Å². The summed E-state index contributed by atoms with van der Waals surface area (Å²) < 4.78 is 31.7. The highest BCUT2D eigenvalue weighted by atomic mass is 32.2. The van der Waals surface area contributed by atoms with Crippen LogP contribution in [0.3, 0.4) is 0 Å². The third kappa shape index (κ3) is 3.36. The van der Waals surface area contributed by atoms with Gasteiger partial charge in [-0.25, -0.2) is 0 Å². The largest absolute Gasteiger partial charge is 0.297 e. The molecule has 1 aromatic carbocycles. The first-order valence-corrected chi connectivity index (χ1v) is 14.0. The van der Waals surface area contributed by atoms with Gasteiger partial charge in [0, 0.05) is 0 Å². The average molecular weight is 455 g/mol. The van der Waals surface area contributed by atoms with E-state index in [4.69, 9.17) is 4.18 Å². The second-order valence-corrected chi connectivity index (χ2v) is 12.8. The van der Waals surface area contributed by atoms with Crippen LogP contribution in [0.4, 0.5) is 0 Å². The Labute approximate surface area is 194 Å². The van der Waals surface area contributed by atoms with Gasteiger partial charge in [-0.15, -0.1) is 0 Å². The second kappa shape index (κ2) is 7.84. The van der Waals surface area contributed by atoms with Crippen molar-refractivity contribution in [2.75, 3.05) is 0 Å². The molecule has 4 aliphatic rings. The minimum absolute atomic E-state index is 0.182. The zero-order chi connectivity index (χ0) is 22.7. The lowest BCUT2D eigenvalue weighted by Crippen LogP contribution is -2.48. The summed E-state index contributed by atoms with van der Waals surface area (Å²) in [4.78, 5) is 0.302. The van der Waals surface area contributed by atoms with Crippen molar-refractivity contribution in [3.63, 3.8) is 0 Å². The molecule has 1 aromatic rings. The monoisotopic (exact) mass is 454 g/mol. The molecule has 4 aliphatic carbocycles. The van der Waals surface area contributed by atoms with Crippen LogP contribution in [-0.4, -0.2) is 14.5 Å². The Hall–Kier alpha value is -1.39. The van der Waals surface area contributed by atoms with E-state index in [-0.39, 0.29) is 11.5 Å². The number of fused-ring (bicyclic) bond motifs is 5. The molecule has 0 N–H and O–H groups in total. The van der Waals surface area contributed by atoms with E-state index >= 15 is 0 Å². The van der Waals surface area contributed by atoms with Gasteiger partial charge in [-0.2, -0.15) is 8.42 Å². The van der Waals surface area contributed by atoms with Crippen LogP contribution in [0.25, 0.3) is 0 Å². The molecule has 0 saturated heterocycles. The van der Waals surface area contributed by atoms with Gasteiger partial charge in [0.25, 0.3) is 10.1 Å². The van der Waals surface area contributed by atoms with Crippen LogP contribution < -0.4 is 0 Å². The molecule has 2 fully saturated rings. The normalized spacial score (nSPS) is 38.9. The van der Waals surface area contributed by atoms with Crippen LogP contribution in [0.1, 0.15) is 77.7 Å². The molecule has 32 heavy (non-hydrogen) atoms. The number of benzene rings is 1. The molecule has 2 saturated carbocycles. The summed E-state index contributed by atoms with van der Waals surface area (Å²) in [5, 5.41) is 0. The first-order valence-electron chi connectivity index (χ1n) is 12.6. The third-order valence-electron chi connectivity index (χ3n) is 9.76. The fourth-order valence-corrected chi connectivity index (χ4v) is 9.16. The summed E-state index contributed by atoms with van der Waals surface area (Å²) in [5.74, 6) is 2.17. The van der Waals surface area contributed by atoms with Crippen LogP contribution in [-0.2, 0) is 14.3 Å². The second-order valence-electron chi connectivity index (χ2n) is 11.2. The Morgan fingerprint density at radius 1 is 1.03 bits per heavy atom. The Morgan fingerprint density at radius 2 is 1.78 bits per heavy atom. The molecular weight excluding hydrogens is 416 g/mol. The highest BCUT2D eigenvalue weighted by Crippen LogP contribution is 2.65. The first kappa shape index (κ1) is 22.4. The van der Waals surface area contributed by atoms with Crippen LogP contribution in [0, 0.1) is 35.5 Å². The minimum atomic E-state index is -3.74. The summed E-state index contributed by atoms with van der Waals surface area (Å²) in [7, 11) is -3.74. The van der Waals surface area contributed by atoms with Gasteiger partial charge < -0.3 is 0 Å². The van der Waals surface area contributed by atoms with Crippen LogP contribution >= 0.6 is 0 Å². The van der Waals surface area contributed by atoms with Gasteiger partial charge in [0.05, 0.1) is 11.0 Å². The van der Waals surface area contributed by atoms with E-state index in [0.29, 0.717) is 22.1 Å². The van der Waals surface area contributed by atoms with Gasteiger partial charge in [0.15, 0.2) is 0 Å². The SMILES string of the molecule is CC[C@H]1CC=C2[C@@H]3CC=C4C[C@@H](OS(=O)(=O)c5ccccc5C)CC[C@]4(C)[C@H]3CC[C@@]21C. The number of hydrogen-bond acceptors (Lipinski definition) is 3. The quantitative estimate of drug-likeness (QED) is 0.364. The highest BCUT2D eigenvalue weighted by molar-refractivity contribution is 7.86.